The summed E-state index contributed by atoms with van der Waals surface area (Å²) in [4.78, 5) is 20.8. The highest BCUT2D eigenvalue weighted by Crippen LogP contribution is 2.40. The lowest BCUT2D eigenvalue weighted by molar-refractivity contribution is 0.0761. The quantitative estimate of drug-likeness (QED) is 0.361. The lowest BCUT2D eigenvalue weighted by Crippen LogP contribution is -2.49. The summed E-state index contributed by atoms with van der Waals surface area (Å²) in [5, 5.41) is 0. The van der Waals surface area contributed by atoms with Crippen LogP contribution in [-0.4, -0.2) is 64.9 Å². The van der Waals surface area contributed by atoms with Crippen molar-refractivity contribution in [2.75, 3.05) is 26.2 Å². The molecule has 3 fully saturated rings. The molecule has 3 heterocycles. The monoisotopic (exact) mass is 513 g/mol. The first-order valence-electron chi connectivity index (χ1n) is 15.2. The largest absolute Gasteiger partial charge is 0.339 e. The van der Waals surface area contributed by atoms with Gasteiger partial charge in [0.1, 0.15) is 0 Å². The van der Waals surface area contributed by atoms with Crippen molar-refractivity contribution in [1.82, 2.24) is 14.7 Å². The van der Waals surface area contributed by atoms with Crippen LogP contribution in [0.1, 0.15) is 98.3 Å². The Morgan fingerprint density at radius 1 is 0.921 bits per heavy atom. The Morgan fingerprint density at radius 2 is 1.68 bits per heavy atom. The highest BCUT2D eigenvalue weighted by atomic mass is 16.2. The van der Waals surface area contributed by atoms with E-state index < -0.39 is 0 Å². The van der Waals surface area contributed by atoms with Gasteiger partial charge in [-0.25, -0.2) is 0 Å². The van der Waals surface area contributed by atoms with Gasteiger partial charge < -0.3 is 4.90 Å². The van der Waals surface area contributed by atoms with Crippen LogP contribution < -0.4 is 0 Å². The molecule has 4 heteroatoms. The van der Waals surface area contributed by atoms with Crippen LogP contribution in [0.15, 0.2) is 61.2 Å². The van der Waals surface area contributed by atoms with E-state index in [1.165, 1.54) is 55.2 Å². The Morgan fingerprint density at radius 3 is 2.39 bits per heavy atom. The molecule has 0 bridgehead atoms. The third kappa shape index (κ3) is 5.77. The topological polar surface area (TPSA) is 26.8 Å². The van der Waals surface area contributed by atoms with Gasteiger partial charge in [-0.1, -0.05) is 62.2 Å². The average Bonchev–Trinajstić information content (AvgIpc) is 3.45. The van der Waals surface area contributed by atoms with Crippen molar-refractivity contribution in [3.05, 3.63) is 83.4 Å². The number of carbonyl (C=O) groups excluding carboxylic acids is 1. The molecule has 2 aromatic rings. The normalized spacial score (nSPS) is 25.8. The second-order valence-corrected chi connectivity index (χ2v) is 11.8. The maximum atomic E-state index is 13.3. The molecular formula is C34H47N3O. The van der Waals surface area contributed by atoms with Gasteiger partial charge in [0, 0.05) is 43.3 Å². The predicted molar refractivity (Wildman–Crippen MR) is 158 cm³/mol. The predicted octanol–water partition coefficient (Wildman–Crippen LogP) is 6.86. The van der Waals surface area contributed by atoms with Crippen molar-refractivity contribution >= 4 is 5.91 Å². The molecule has 4 nitrogen and oxygen atoms in total. The van der Waals surface area contributed by atoms with Crippen molar-refractivity contribution in [1.29, 1.82) is 0 Å². The Balaban J connectivity index is 1.46. The number of hydrogen-bond donors (Lipinski definition) is 0. The van der Waals surface area contributed by atoms with E-state index in [4.69, 9.17) is 0 Å². The number of aryl methyl sites for hydroxylation is 1. The molecule has 3 aliphatic heterocycles. The molecule has 3 aliphatic rings. The third-order valence-corrected chi connectivity index (χ3v) is 9.37. The van der Waals surface area contributed by atoms with E-state index >= 15 is 0 Å². The van der Waals surface area contributed by atoms with Crippen molar-refractivity contribution in [3.63, 3.8) is 0 Å². The number of rotatable bonds is 8. The van der Waals surface area contributed by atoms with E-state index in [1.807, 2.05) is 0 Å². The molecule has 0 spiro atoms. The van der Waals surface area contributed by atoms with Gasteiger partial charge in [0.25, 0.3) is 5.91 Å². The maximum absolute atomic E-state index is 13.3. The smallest absolute Gasteiger partial charge is 0.253 e. The van der Waals surface area contributed by atoms with Gasteiger partial charge in [-0.3, -0.25) is 14.6 Å². The SMILES string of the molecule is C=CCN1C(C)CCC1C1CCCN1C(c1ccc(C(=O)N2CCCCCC2)cc1)c1cccc(CC)c1. The van der Waals surface area contributed by atoms with E-state index in [0.717, 1.165) is 51.0 Å². The molecule has 0 aromatic heterocycles. The average molecular weight is 514 g/mol. The highest BCUT2D eigenvalue weighted by molar-refractivity contribution is 5.94. The molecular weight excluding hydrogens is 466 g/mol. The molecule has 38 heavy (non-hydrogen) atoms. The fourth-order valence-corrected chi connectivity index (χ4v) is 7.32. The minimum atomic E-state index is 0.196. The van der Waals surface area contributed by atoms with Crippen LogP contribution in [0.4, 0.5) is 0 Å². The Bertz CT molecular complexity index is 1070. The van der Waals surface area contributed by atoms with Gasteiger partial charge in [-0.05, 0) is 87.2 Å². The number of benzene rings is 2. The molecule has 2 aromatic carbocycles. The Hall–Kier alpha value is -2.43. The van der Waals surface area contributed by atoms with E-state index in [0.29, 0.717) is 18.1 Å². The van der Waals surface area contributed by atoms with Crippen LogP contribution >= 0.6 is 0 Å². The van der Waals surface area contributed by atoms with Crippen LogP contribution in [-0.2, 0) is 6.42 Å². The van der Waals surface area contributed by atoms with Gasteiger partial charge in [0.2, 0.25) is 0 Å². The minimum Gasteiger partial charge on any atom is -0.339 e. The van der Waals surface area contributed by atoms with Crippen molar-refractivity contribution in [2.45, 2.75) is 95.8 Å². The van der Waals surface area contributed by atoms with E-state index in [1.54, 1.807) is 0 Å². The summed E-state index contributed by atoms with van der Waals surface area (Å²) in [6.45, 7) is 12.6. The number of likely N-dealkylation sites (tertiary alicyclic amines) is 3. The lowest BCUT2D eigenvalue weighted by atomic mass is 9.92. The molecule has 0 saturated carbocycles. The summed E-state index contributed by atoms with van der Waals surface area (Å²) in [6, 6.07) is 19.8. The first-order valence-corrected chi connectivity index (χ1v) is 15.2. The van der Waals surface area contributed by atoms with E-state index in [9.17, 15) is 4.79 Å². The second-order valence-electron chi connectivity index (χ2n) is 11.8. The number of hydrogen-bond acceptors (Lipinski definition) is 3. The van der Waals surface area contributed by atoms with E-state index in [2.05, 4.69) is 89.7 Å². The number of amides is 1. The zero-order valence-electron chi connectivity index (χ0n) is 23.7. The zero-order chi connectivity index (χ0) is 26.5. The van der Waals surface area contributed by atoms with Gasteiger partial charge in [0.05, 0.1) is 6.04 Å². The van der Waals surface area contributed by atoms with Crippen LogP contribution in [0.5, 0.6) is 0 Å². The number of nitrogens with zero attached hydrogens (tertiary/aromatic N) is 3. The van der Waals surface area contributed by atoms with Crippen molar-refractivity contribution in [2.24, 2.45) is 0 Å². The first kappa shape index (κ1) is 27.1. The van der Waals surface area contributed by atoms with Gasteiger partial charge in [0.15, 0.2) is 0 Å². The van der Waals surface area contributed by atoms with Gasteiger partial charge in [-0.15, -0.1) is 6.58 Å². The fraction of sp³-hybridized carbons (Fsp3) is 0.559. The Kier molecular flexibility index (Phi) is 9.01. The molecule has 0 N–H and O–H groups in total. The molecule has 204 valence electrons. The summed E-state index contributed by atoms with van der Waals surface area (Å²) in [5.74, 6) is 0.196. The molecule has 0 radical (unpaired) electrons. The van der Waals surface area contributed by atoms with Crippen molar-refractivity contribution < 1.29 is 4.79 Å². The molecule has 4 atom stereocenters. The first-order chi connectivity index (χ1) is 18.6. The summed E-state index contributed by atoms with van der Waals surface area (Å²) in [7, 11) is 0. The molecule has 4 unspecified atom stereocenters. The summed E-state index contributed by atoms with van der Waals surface area (Å²) in [6.07, 6.45) is 12.9. The van der Waals surface area contributed by atoms with Crippen molar-refractivity contribution in [3.8, 4) is 0 Å². The summed E-state index contributed by atoms with van der Waals surface area (Å²) in [5.41, 5.74) is 4.90. The van der Waals surface area contributed by atoms with Crippen LogP contribution in [0, 0.1) is 0 Å². The zero-order valence-corrected chi connectivity index (χ0v) is 23.7. The lowest BCUT2D eigenvalue weighted by Gasteiger charge is -2.40. The molecule has 0 aliphatic carbocycles. The minimum absolute atomic E-state index is 0.196. The standard InChI is InChI=1S/C34H47N3O/c1-4-21-36-26(3)15-20-32(36)31-14-11-24-37(31)33(30-13-10-12-27(5-2)25-30)28-16-18-29(19-17-28)34(38)35-22-8-6-7-9-23-35/h4,10,12-13,16-19,25-26,31-33H,1,5-9,11,14-15,20-24H2,2-3H3. The third-order valence-electron chi connectivity index (χ3n) is 9.37. The van der Waals surface area contributed by atoms with E-state index in [-0.39, 0.29) is 11.9 Å². The Labute approximate surface area is 230 Å². The van der Waals surface area contributed by atoms with Gasteiger partial charge in [-0.2, -0.15) is 0 Å². The second kappa shape index (κ2) is 12.6. The molecule has 3 saturated heterocycles. The fourth-order valence-electron chi connectivity index (χ4n) is 7.32. The van der Waals surface area contributed by atoms with Crippen LogP contribution in [0.2, 0.25) is 0 Å². The van der Waals surface area contributed by atoms with Gasteiger partial charge >= 0.3 is 0 Å². The maximum Gasteiger partial charge on any atom is 0.253 e. The molecule has 5 rings (SSSR count). The van der Waals surface area contributed by atoms with Crippen LogP contribution in [0.25, 0.3) is 0 Å². The summed E-state index contributed by atoms with van der Waals surface area (Å²) < 4.78 is 0. The van der Waals surface area contributed by atoms with Crippen LogP contribution in [0.3, 0.4) is 0 Å². The summed E-state index contributed by atoms with van der Waals surface area (Å²) >= 11 is 0. The molecule has 1 amide bonds. The highest BCUT2D eigenvalue weighted by Gasteiger charge is 2.42. The number of carbonyl (C=O) groups is 1.